The van der Waals surface area contributed by atoms with Crippen LogP contribution in [0, 0.1) is 5.92 Å². The average molecular weight is 579 g/mol. The first-order valence-electron chi connectivity index (χ1n) is 15.1. The predicted molar refractivity (Wildman–Crippen MR) is 163 cm³/mol. The molecular formula is C35H46O7. The molecule has 2 saturated heterocycles. The number of allylic oxidation sites excluding steroid dienone is 1. The van der Waals surface area contributed by atoms with E-state index in [1.165, 1.54) is 11.6 Å². The molecule has 0 amide bonds. The summed E-state index contributed by atoms with van der Waals surface area (Å²) in [7, 11) is 0. The number of rotatable bonds is 11. The van der Waals surface area contributed by atoms with Crippen molar-refractivity contribution in [1.82, 2.24) is 0 Å². The van der Waals surface area contributed by atoms with E-state index >= 15 is 0 Å². The Morgan fingerprint density at radius 2 is 1.74 bits per heavy atom. The van der Waals surface area contributed by atoms with Crippen molar-refractivity contribution in [2.45, 2.75) is 96.9 Å². The molecule has 2 aromatic carbocycles. The number of carbonyl (C=O) groups excluding carboxylic acids is 1. The number of hydrogen-bond donors (Lipinski definition) is 1. The lowest BCUT2D eigenvalue weighted by molar-refractivity contribution is -0.153. The maximum absolute atomic E-state index is 12.8. The van der Waals surface area contributed by atoms with Crippen molar-refractivity contribution in [2.24, 2.45) is 5.92 Å². The first kappa shape index (κ1) is 32.0. The van der Waals surface area contributed by atoms with Gasteiger partial charge in [-0.1, -0.05) is 35.9 Å². The number of esters is 1. The molecule has 0 aromatic heterocycles. The summed E-state index contributed by atoms with van der Waals surface area (Å²) < 4.78 is 29.3. The SMILES string of the molecule is CC(C)=CCC1OC1(C)C1CCOCCC[C@@H](OC(=O)/C=C/c2ccc(Oc3ccc(COC(C)C)cc3)cc2)[C@H]1O. The summed E-state index contributed by atoms with van der Waals surface area (Å²) in [5, 5.41) is 11.4. The second-order valence-electron chi connectivity index (χ2n) is 11.9. The van der Waals surface area contributed by atoms with Crippen molar-refractivity contribution in [1.29, 1.82) is 0 Å². The van der Waals surface area contributed by atoms with Gasteiger partial charge in [-0.25, -0.2) is 4.79 Å². The average Bonchev–Trinajstić information content (AvgIpc) is 3.61. The monoisotopic (exact) mass is 578 g/mol. The lowest BCUT2D eigenvalue weighted by Crippen LogP contribution is -2.43. The van der Waals surface area contributed by atoms with Crippen LogP contribution in [0.1, 0.15) is 71.4 Å². The summed E-state index contributed by atoms with van der Waals surface area (Å²) in [5.41, 5.74) is 2.70. The summed E-state index contributed by atoms with van der Waals surface area (Å²) in [6, 6.07) is 15.3. The van der Waals surface area contributed by atoms with Gasteiger partial charge < -0.3 is 28.8 Å². The maximum Gasteiger partial charge on any atom is 0.331 e. The quantitative estimate of drug-likeness (QED) is 0.133. The molecule has 2 aliphatic rings. The first-order chi connectivity index (χ1) is 20.1. The van der Waals surface area contributed by atoms with Gasteiger partial charge in [0.15, 0.2) is 0 Å². The zero-order valence-corrected chi connectivity index (χ0v) is 25.6. The van der Waals surface area contributed by atoms with E-state index < -0.39 is 23.8 Å². The Bertz CT molecular complexity index is 1200. The number of aliphatic hydroxyl groups excluding tert-OH is 1. The molecule has 2 heterocycles. The lowest BCUT2D eigenvalue weighted by atomic mass is 9.80. The molecule has 3 unspecified atom stereocenters. The second-order valence-corrected chi connectivity index (χ2v) is 11.9. The third-order valence-corrected chi connectivity index (χ3v) is 7.90. The van der Waals surface area contributed by atoms with Crippen LogP contribution in [0.4, 0.5) is 0 Å². The molecule has 5 atom stereocenters. The molecule has 0 saturated carbocycles. The molecule has 7 nitrogen and oxygen atoms in total. The number of benzene rings is 2. The number of epoxide rings is 1. The highest BCUT2D eigenvalue weighted by Crippen LogP contribution is 2.48. The number of ether oxygens (including phenoxy) is 5. The Hall–Kier alpha value is -2.97. The van der Waals surface area contributed by atoms with Crippen LogP contribution in [0.15, 0.2) is 66.3 Å². The molecule has 2 aliphatic heterocycles. The van der Waals surface area contributed by atoms with E-state index in [2.05, 4.69) is 19.9 Å². The molecule has 7 heteroatoms. The van der Waals surface area contributed by atoms with Gasteiger partial charge in [0, 0.05) is 25.2 Å². The van der Waals surface area contributed by atoms with E-state index in [-0.39, 0.29) is 18.1 Å². The van der Waals surface area contributed by atoms with E-state index in [0.717, 1.165) is 23.3 Å². The molecule has 0 bridgehead atoms. The highest BCUT2D eigenvalue weighted by molar-refractivity contribution is 5.87. The Balaban J connectivity index is 1.32. The van der Waals surface area contributed by atoms with Crippen LogP contribution in [0.5, 0.6) is 11.5 Å². The second kappa shape index (κ2) is 15.0. The maximum atomic E-state index is 12.8. The van der Waals surface area contributed by atoms with Gasteiger partial charge in [0.25, 0.3) is 0 Å². The van der Waals surface area contributed by atoms with Gasteiger partial charge in [-0.15, -0.1) is 0 Å². The highest BCUT2D eigenvalue weighted by Gasteiger charge is 2.59. The Labute approximate surface area is 250 Å². The van der Waals surface area contributed by atoms with Crippen LogP contribution in [-0.2, 0) is 30.3 Å². The number of aliphatic hydroxyl groups is 1. The van der Waals surface area contributed by atoms with E-state index in [4.69, 9.17) is 23.7 Å². The summed E-state index contributed by atoms with van der Waals surface area (Å²) >= 11 is 0. The standard InChI is InChI=1S/C35H46O7/c1-24(2)8-18-32-35(5,42-32)30-20-22-38-21-6-7-31(34(30)37)41-33(36)19-13-26-9-14-28(15-10-26)40-29-16-11-27(12-17-29)23-39-25(3)4/h8-17,19,25,30-32,34,37H,6-7,18,20-23H2,1-5H3/b19-13+/t30?,31-,32?,34+,35?/m1/s1. The zero-order chi connectivity index (χ0) is 30.1. The van der Waals surface area contributed by atoms with E-state index in [1.807, 2.05) is 69.3 Å². The van der Waals surface area contributed by atoms with Crippen LogP contribution in [0.3, 0.4) is 0 Å². The van der Waals surface area contributed by atoms with Crippen molar-refractivity contribution in [3.63, 3.8) is 0 Å². The third kappa shape index (κ3) is 9.27. The minimum absolute atomic E-state index is 0.0414. The Morgan fingerprint density at radius 3 is 2.40 bits per heavy atom. The summed E-state index contributed by atoms with van der Waals surface area (Å²) in [6.45, 7) is 11.9. The normalized spacial score (nSPS) is 26.3. The minimum atomic E-state index is -0.834. The Kier molecular flexibility index (Phi) is 11.4. The largest absolute Gasteiger partial charge is 0.457 e. The number of hydrogen-bond acceptors (Lipinski definition) is 7. The van der Waals surface area contributed by atoms with Crippen LogP contribution < -0.4 is 4.74 Å². The highest BCUT2D eigenvalue weighted by atomic mass is 16.6. The fourth-order valence-corrected chi connectivity index (χ4v) is 5.33. The fraction of sp³-hybridized carbons (Fsp3) is 0.514. The van der Waals surface area contributed by atoms with Crippen molar-refractivity contribution >= 4 is 12.0 Å². The predicted octanol–water partition coefficient (Wildman–Crippen LogP) is 7.02. The van der Waals surface area contributed by atoms with Crippen molar-refractivity contribution in [3.05, 3.63) is 77.4 Å². The third-order valence-electron chi connectivity index (χ3n) is 7.90. The van der Waals surface area contributed by atoms with Crippen molar-refractivity contribution in [2.75, 3.05) is 13.2 Å². The van der Waals surface area contributed by atoms with E-state index in [1.54, 1.807) is 6.08 Å². The van der Waals surface area contributed by atoms with Gasteiger partial charge in [0.2, 0.25) is 0 Å². The fourth-order valence-electron chi connectivity index (χ4n) is 5.33. The van der Waals surface area contributed by atoms with Gasteiger partial charge >= 0.3 is 5.97 Å². The van der Waals surface area contributed by atoms with E-state index in [9.17, 15) is 9.90 Å². The molecule has 4 rings (SSSR count). The number of carbonyl (C=O) groups is 1. The summed E-state index contributed by atoms with van der Waals surface area (Å²) in [5.74, 6) is 0.760. The molecule has 0 aliphatic carbocycles. The van der Waals surface area contributed by atoms with Gasteiger partial charge in [-0.3, -0.25) is 0 Å². The molecule has 2 fully saturated rings. The lowest BCUT2D eigenvalue weighted by Gasteiger charge is -2.31. The summed E-state index contributed by atoms with van der Waals surface area (Å²) in [6.07, 6.45) is 6.74. The van der Waals surface area contributed by atoms with Gasteiger partial charge in [0.05, 0.1) is 30.5 Å². The Morgan fingerprint density at radius 1 is 1.05 bits per heavy atom. The molecule has 1 N–H and O–H groups in total. The molecule has 228 valence electrons. The molecular weight excluding hydrogens is 532 g/mol. The summed E-state index contributed by atoms with van der Waals surface area (Å²) in [4.78, 5) is 12.8. The van der Waals surface area contributed by atoms with Gasteiger partial charge in [-0.05, 0) is 102 Å². The van der Waals surface area contributed by atoms with Crippen LogP contribution >= 0.6 is 0 Å². The topological polar surface area (TPSA) is 86.8 Å². The first-order valence-corrected chi connectivity index (χ1v) is 15.1. The van der Waals surface area contributed by atoms with E-state index in [0.29, 0.717) is 44.8 Å². The molecule has 42 heavy (non-hydrogen) atoms. The van der Waals surface area contributed by atoms with Crippen molar-refractivity contribution < 1.29 is 33.6 Å². The molecule has 0 radical (unpaired) electrons. The zero-order valence-electron chi connectivity index (χ0n) is 25.6. The van der Waals surface area contributed by atoms with Crippen LogP contribution in [0.2, 0.25) is 0 Å². The molecule has 2 aromatic rings. The smallest absolute Gasteiger partial charge is 0.331 e. The van der Waals surface area contributed by atoms with Crippen LogP contribution in [-0.4, -0.2) is 54.3 Å². The van der Waals surface area contributed by atoms with Gasteiger partial charge in [0.1, 0.15) is 17.6 Å². The minimum Gasteiger partial charge on any atom is -0.457 e. The van der Waals surface area contributed by atoms with Crippen molar-refractivity contribution in [3.8, 4) is 11.5 Å². The van der Waals surface area contributed by atoms with Gasteiger partial charge in [-0.2, -0.15) is 0 Å². The van der Waals surface area contributed by atoms with Crippen LogP contribution in [0.25, 0.3) is 6.08 Å². The molecule has 0 spiro atoms.